The molecule has 0 heterocycles. The predicted octanol–water partition coefficient (Wildman–Crippen LogP) is 2.39. The fourth-order valence-electron chi connectivity index (χ4n) is 1.17. The second kappa shape index (κ2) is 4.11. The van der Waals surface area contributed by atoms with Crippen molar-refractivity contribution >= 4 is 11.6 Å². The fraction of sp³-hybridized carbons (Fsp3) is 0.333. The highest BCUT2D eigenvalue weighted by molar-refractivity contribution is 6.32. The first kappa shape index (κ1) is 11.2. The van der Waals surface area contributed by atoms with Crippen LogP contribution in [-0.4, -0.2) is 11.7 Å². The minimum absolute atomic E-state index is 0.106. The second-order valence-corrected chi connectivity index (χ2v) is 3.43. The second-order valence-electron chi connectivity index (χ2n) is 3.06. The van der Waals surface area contributed by atoms with E-state index >= 15 is 0 Å². The smallest absolute Gasteiger partial charge is 0.152 e. The monoisotopic (exact) mass is 221 g/mol. The molecule has 2 nitrogen and oxygen atoms in total. The number of phenols is 1. The van der Waals surface area contributed by atoms with Crippen LogP contribution in [0.5, 0.6) is 5.75 Å². The molecule has 0 amide bonds. The number of hydrogen-bond acceptors (Lipinski definition) is 2. The molecule has 0 bridgehead atoms. The zero-order valence-electron chi connectivity index (χ0n) is 7.52. The maximum atomic E-state index is 13.4. The van der Waals surface area contributed by atoms with Gasteiger partial charge in [-0.15, -0.1) is 0 Å². The Kier molecular flexibility index (Phi) is 3.29. The molecule has 0 aliphatic heterocycles. The number of benzene rings is 1. The molecular formula is C9H10ClF2NO. The average molecular weight is 222 g/mol. The van der Waals surface area contributed by atoms with Gasteiger partial charge in [-0.1, -0.05) is 18.5 Å². The van der Waals surface area contributed by atoms with E-state index in [9.17, 15) is 8.78 Å². The molecule has 0 aliphatic carbocycles. The predicted molar refractivity (Wildman–Crippen MR) is 50.5 cm³/mol. The Morgan fingerprint density at radius 1 is 1.57 bits per heavy atom. The average Bonchev–Trinajstić information content (AvgIpc) is 2.14. The lowest BCUT2D eigenvalue weighted by atomic mass is 10.00. The highest BCUT2D eigenvalue weighted by atomic mass is 35.5. The molecule has 0 radical (unpaired) electrons. The highest BCUT2D eigenvalue weighted by Crippen LogP contribution is 2.33. The van der Waals surface area contributed by atoms with Crippen LogP contribution < -0.4 is 5.73 Å². The van der Waals surface area contributed by atoms with Crippen LogP contribution in [0.3, 0.4) is 0 Å². The Labute approximate surface area is 85.3 Å². The first-order valence-electron chi connectivity index (χ1n) is 4.05. The largest absolute Gasteiger partial charge is 0.506 e. The summed E-state index contributed by atoms with van der Waals surface area (Å²) >= 11 is 5.42. The van der Waals surface area contributed by atoms with Gasteiger partial charge in [0, 0.05) is 11.6 Å². The van der Waals surface area contributed by atoms with Gasteiger partial charge in [0.2, 0.25) is 0 Å². The molecule has 0 fully saturated rings. The van der Waals surface area contributed by atoms with Crippen LogP contribution >= 0.6 is 11.6 Å². The van der Waals surface area contributed by atoms with E-state index in [1.807, 2.05) is 0 Å². The van der Waals surface area contributed by atoms with E-state index in [1.165, 1.54) is 0 Å². The Morgan fingerprint density at radius 3 is 2.64 bits per heavy atom. The number of hydrogen-bond donors (Lipinski definition) is 2. The van der Waals surface area contributed by atoms with Crippen LogP contribution in [0.25, 0.3) is 0 Å². The molecule has 1 rings (SSSR count). The number of aromatic hydroxyl groups is 1. The summed E-state index contributed by atoms with van der Waals surface area (Å²) in [5, 5.41) is 8.55. The van der Waals surface area contributed by atoms with Crippen LogP contribution in [0, 0.1) is 11.6 Å². The molecule has 0 spiro atoms. The van der Waals surface area contributed by atoms with Gasteiger partial charge in [-0.05, 0) is 12.5 Å². The zero-order valence-corrected chi connectivity index (χ0v) is 8.28. The topological polar surface area (TPSA) is 46.2 Å². The molecule has 0 saturated heterocycles. The van der Waals surface area contributed by atoms with E-state index < -0.39 is 28.3 Å². The van der Waals surface area contributed by atoms with E-state index in [4.69, 9.17) is 22.4 Å². The summed E-state index contributed by atoms with van der Waals surface area (Å²) in [6.07, 6.45) is 0. The first-order valence-corrected chi connectivity index (χ1v) is 4.43. The van der Waals surface area contributed by atoms with Gasteiger partial charge in [0.1, 0.15) is 16.6 Å². The van der Waals surface area contributed by atoms with Gasteiger partial charge >= 0.3 is 0 Å². The summed E-state index contributed by atoms with van der Waals surface area (Å²) in [5.74, 6) is -2.85. The van der Waals surface area contributed by atoms with E-state index in [0.29, 0.717) is 0 Å². The third-order valence-electron chi connectivity index (χ3n) is 2.02. The van der Waals surface area contributed by atoms with E-state index in [2.05, 4.69) is 0 Å². The van der Waals surface area contributed by atoms with Crippen molar-refractivity contribution in [3.63, 3.8) is 0 Å². The Balaban J connectivity index is 3.36. The first-order chi connectivity index (χ1) is 6.49. The molecule has 0 aliphatic rings. The summed E-state index contributed by atoms with van der Waals surface area (Å²) in [5.41, 5.74) is 5.11. The number of rotatable bonds is 2. The van der Waals surface area contributed by atoms with Gasteiger partial charge < -0.3 is 10.8 Å². The number of halogens is 3. The van der Waals surface area contributed by atoms with Crippen LogP contribution in [0.1, 0.15) is 18.4 Å². The molecule has 1 atom stereocenters. The van der Waals surface area contributed by atoms with Crippen molar-refractivity contribution in [1.82, 2.24) is 0 Å². The van der Waals surface area contributed by atoms with Gasteiger partial charge in [0.05, 0.1) is 0 Å². The summed E-state index contributed by atoms with van der Waals surface area (Å²) in [4.78, 5) is 0. The molecule has 3 N–H and O–H groups in total. The van der Waals surface area contributed by atoms with E-state index in [1.54, 1.807) is 6.92 Å². The van der Waals surface area contributed by atoms with Gasteiger partial charge in [-0.3, -0.25) is 0 Å². The van der Waals surface area contributed by atoms with E-state index in [0.717, 1.165) is 6.07 Å². The normalized spacial score (nSPS) is 12.9. The SMILES string of the molecule is CC(CN)c1c(F)cc(O)c(Cl)c1F. The molecule has 5 heteroatoms. The number of nitrogens with two attached hydrogens (primary N) is 1. The third-order valence-corrected chi connectivity index (χ3v) is 2.38. The molecule has 0 saturated carbocycles. The fourth-order valence-corrected chi connectivity index (χ4v) is 1.32. The Bertz CT molecular complexity index is 357. The van der Waals surface area contributed by atoms with Crippen molar-refractivity contribution in [2.75, 3.05) is 6.54 Å². The van der Waals surface area contributed by atoms with Gasteiger partial charge in [-0.2, -0.15) is 0 Å². The van der Waals surface area contributed by atoms with Crippen LogP contribution in [-0.2, 0) is 0 Å². The van der Waals surface area contributed by atoms with Crippen molar-refractivity contribution in [2.45, 2.75) is 12.8 Å². The Morgan fingerprint density at radius 2 is 2.14 bits per heavy atom. The standard InChI is InChI=1S/C9H10ClF2NO/c1-4(3-13)7-5(11)2-6(14)8(10)9(7)12/h2,4,14H,3,13H2,1H3. The van der Waals surface area contributed by atoms with Crippen molar-refractivity contribution < 1.29 is 13.9 Å². The molecule has 78 valence electrons. The summed E-state index contributed by atoms with van der Waals surface area (Å²) in [6.45, 7) is 1.68. The molecule has 1 aromatic rings. The lowest BCUT2D eigenvalue weighted by Gasteiger charge is -2.12. The molecule has 1 aromatic carbocycles. The van der Waals surface area contributed by atoms with Gasteiger partial charge in [0.15, 0.2) is 5.82 Å². The van der Waals surface area contributed by atoms with Crippen LogP contribution in [0.15, 0.2) is 6.07 Å². The minimum Gasteiger partial charge on any atom is -0.506 e. The number of phenolic OH excluding ortho intramolecular Hbond substituents is 1. The maximum absolute atomic E-state index is 13.4. The van der Waals surface area contributed by atoms with Crippen LogP contribution in [0.4, 0.5) is 8.78 Å². The van der Waals surface area contributed by atoms with Crippen molar-refractivity contribution in [2.24, 2.45) is 5.73 Å². The molecular weight excluding hydrogens is 212 g/mol. The summed E-state index contributed by atoms with van der Waals surface area (Å²) in [6, 6.07) is 0.785. The molecule has 1 unspecified atom stereocenters. The van der Waals surface area contributed by atoms with Crippen molar-refractivity contribution in [3.05, 3.63) is 28.3 Å². The van der Waals surface area contributed by atoms with Crippen molar-refractivity contribution in [1.29, 1.82) is 0 Å². The summed E-state index contributed by atoms with van der Waals surface area (Å²) in [7, 11) is 0. The zero-order chi connectivity index (χ0) is 10.9. The van der Waals surface area contributed by atoms with Crippen molar-refractivity contribution in [3.8, 4) is 5.75 Å². The maximum Gasteiger partial charge on any atom is 0.152 e. The molecule has 0 aromatic heterocycles. The van der Waals surface area contributed by atoms with E-state index in [-0.39, 0.29) is 12.1 Å². The van der Waals surface area contributed by atoms with Crippen LogP contribution in [0.2, 0.25) is 5.02 Å². The highest BCUT2D eigenvalue weighted by Gasteiger charge is 2.20. The molecule has 14 heavy (non-hydrogen) atoms. The lowest BCUT2D eigenvalue weighted by Crippen LogP contribution is -2.12. The lowest BCUT2D eigenvalue weighted by molar-refractivity contribution is 0.454. The summed E-state index contributed by atoms with van der Waals surface area (Å²) < 4.78 is 26.6. The third kappa shape index (κ3) is 1.81. The minimum atomic E-state index is -0.942. The van der Waals surface area contributed by atoms with Gasteiger partial charge in [0.25, 0.3) is 0 Å². The quantitative estimate of drug-likeness (QED) is 0.754. The van der Waals surface area contributed by atoms with Gasteiger partial charge in [-0.25, -0.2) is 8.78 Å². The Hall–Kier alpha value is -0.870.